The molecule has 1 atom stereocenters. The van der Waals surface area contributed by atoms with Crippen molar-refractivity contribution in [3.8, 4) is 5.75 Å². The van der Waals surface area contributed by atoms with Gasteiger partial charge in [0.05, 0.1) is 12.3 Å². The lowest BCUT2D eigenvalue weighted by molar-refractivity contribution is 0.201. The van der Waals surface area contributed by atoms with Crippen LogP contribution in [0.15, 0.2) is 24.3 Å². The molecule has 1 aliphatic heterocycles. The normalized spacial score (nSPS) is 20.9. The number of benzene rings is 1. The molecule has 1 aromatic rings. The summed E-state index contributed by atoms with van der Waals surface area (Å²) in [7, 11) is -3.18. The van der Waals surface area contributed by atoms with Crippen LogP contribution in [0.4, 0.5) is 0 Å². The molecule has 1 aliphatic rings. The Balaban J connectivity index is 2.31. The molecule has 1 heterocycles. The Hall–Kier alpha value is -1.07. The first kappa shape index (κ1) is 13.4. The zero-order valence-electron chi connectivity index (χ0n) is 10.8. The topological polar surface area (TPSA) is 46.6 Å². The van der Waals surface area contributed by atoms with Crippen molar-refractivity contribution in [2.24, 2.45) is 0 Å². The Morgan fingerprint density at radius 2 is 2.11 bits per heavy atom. The number of nitrogens with zero attached hydrogens (tertiary/aromatic N) is 1. The van der Waals surface area contributed by atoms with Gasteiger partial charge in [-0.05, 0) is 19.4 Å². The molecule has 0 bridgehead atoms. The van der Waals surface area contributed by atoms with Gasteiger partial charge in [0.25, 0.3) is 0 Å². The summed E-state index contributed by atoms with van der Waals surface area (Å²) in [4.78, 5) is 0. The highest BCUT2D eigenvalue weighted by Crippen LogP contribution is 2.26. The molecule has 5 heteroatoms. The highest BCUT2D eigenvalue weighted by molar-refractivity contribution is 7.89. The van der Waals surface area contributed by atoms with E-state index in [0.29, 0.717) is 19.5 Å². The summed E-state index contributed by atoms with van der Waals surface area (Å²) in [6, 6.07) is 7.62. The molecule has 4 nitrogen and oxygen atoms in total. The summed E-state index contributed by atoms with van der Waals surface area (Å²) in [5.74, 6) is 0.987. The smallest absolute Gasteiger partial charge is 0.214 e. The lowest BCUT2D eigenvalue weighted by Crippen LogP contribution is -2.37. The number of hydrogen-bond acceptors (Lipinski definition) is 3. The fraction of sp³-hybridized carbons (Fsp3) is 0.538. The maximum atomic E-state index is 12.2. The molecule has 0 N–H and O–H groups in total. The van der Waals surface area contributed by atoms with Gasteiger partial charge in [-0.1, -0.05) is 25.1 Å². The van der Waals surface area contributed by atoms with Crippen molar-refractivity contribution in [2.45, 2.75) is 32.9 Å². The zero-order valence-corrected chi connectivity index (χ0v) is 11.6. The molecule has 18 heavy (non-hydrogen) atoms. The minimum atomic E-state index is -3.18. The average molecular weight is 269 g/mol. The standard InChI is InChI=1S/C13H19NO3S/c1-3-8-18(15,16)14-9-11(2)17-13-7-5-4-6-12(13)10-14/h4-7,11H,3,8-10H2,1-2H3. The van der Waals surface area contributed by atoms with Crippen LogP contribution in [0.3, 0.4) is 0 Å². The molecule has 0 fully saturated rings. The minimum absolute atomic E-state index is 0.125. The third-order valence-corrected chi connectivity index (χ3v) is 4.95. The van der Waals surface area contributed by atoms with Gasteiger partial charge >= 0.3 is 0 Å². The van der Waals surface area contributed by atoms with Gasteiger partial charge in [0, 0.05) is 12.1 Å². The summed E-state index contributed by atoms with van der Waals surface area (Å²) in [6.07, 6.45) is 0.510. The monoisotopic (exact) mass is 269 g/mol. The van der Waals surface area contributed by atoms with Gasteiger partial charge in [-0.25, -0.2) is 8.42 Å². The second-order valence-electron chi connectivity index (χ2n) is 4.64. The number of ether oxygens (including phenoxy) is 1. The van der Waals surface area contributed by atoms with Crippen LogP contribution in [0.2, 0.25) is 0 Å². The summed E-state index contributed by atoms with van der Waals surface area (Å²) in [5.41, 5.74) is 0.932. The Morgan fingerprint density at radius 3 is 2.83 bits per heavy atom. The number of fused-ring (bicyclic) bond motifs is 1. The van der Waals surface area contributed by atoms with Crippen LogP contribution in [0.25, 0.3) is 0 Å². The van der Waals surface area contributed by atoms with Gasteiger partial charge in [-0.3, -0.25) is 0 Å². The van der Waals surface area contributed by atoms with Crippen molar-refractivity contribution < 1.29 is 13.2 Å². The van der Waals surface area contributed by atoms with Crippen LogP contribution in [-0.4, -0.2) is 31.1 Å². The van der Waals surface area contributed by atoms with Gasteiger partial charge < -0.3 is 4.74 Å². The first-order valence-corrected chi connectivity index (χ1v) is 7.86. The second kappa shape index (κ2) is 5.28. The van der Waals surface area contributed by atoms with Crippen molar-refractivity contribution in [1.82, 2.24) is 4.31 Å². The van der Waals surface area contributed by atoms with Crippen LogP contribution in [0.5, 0.6) is 5.75 Å². The molecular weight excluding hydrogens is 250 g/mol. The van der Waals surface area contributed by atoms with Crippen LogP contribution in [0.1, 0.15) is 25.8 Å². The van der Waals surface area contributed by atoms with Gasteiger partial charge in [0.15, 0.2) is 0 Å². The van der Waals surface area contributed by atoms with E-state index in [1.807, 2.05) is 38.1 Å². The average Bonchev–Trinajstić information content (AvgIpc) is 2.47. The summed E-state index contributed by atoms with van der Waals surface area (Å²) < 4.78 is 31.6. The maximum Gasteiger partial charge on any atom is 0.214 e. The Morgan fingerprint density at radius 1 is 1.39 bits per heavy atom. The van der Waals surface area contributed by atoms with Gasteiger partial charge in [0.1, 0.15) is 11.9 Å². The predicted octanol–water partition coefficient (Wildman–Crippen LogP) is 2.01. The van der Waals surface area contributed by atoms with E-state index in [0.717, 1.165) is 11.3 Å². The highest BCUT2D eigenvalue weighted by Gasteiger charge is 2.27. The van der Waals surface area contributed by atoms with Gasteiger partial charge in [-0.15, -0.1) is 0 Å². The van der Waals surface area contributed by atoms with Crippen molar-refractivity contribution in [2.75, 3.05) is 12.3 Å². The molecule has 0 amide bonds. The molecule has 0 radical (unpaired) electrons. The number of sulfonamides is 1. The molecule has 0 aromatic heterocycles. The van der Waals surface area contributed by atoms with Gasteiger partial charge in [0.2, 0.25) is 10.0 Å². The molecular formula is C13H19NO3S. The van der Waals surface area contributed by atoms with Crippen LogP contribution >= 0.6 is 0 Å². The molecule has 100 valence electrons. The molecule has 2 rings (SSSR count). The third-order valence-electron chi connectivity index (χ3n) is 2.96. The Bertz CT molecular complexity index is 513. The Labute approximate surface area is 109 Å². The van der Waals surface area contributed by atoms with Crippen molar-refractivity contribution >= 4 is 10.0 Å². The van der Waals surface area contributed by atoms with Gasteiger partial charge in [-0.2, -0.15) is 4.31 Å². The van der Waals surface area contributed by atoms with E-state index in [2.05, 4.69) is 0 Å². The van der Waals surface area contributed by atoms with E-state index in [1.165, 1.54) is 4.31 Å². The first-order valence-electron chi connectivity index (χ1n) is 6.25. The quantitative estimate of drug-likeness (QED) is 0.843. The SMILES string of the molecule is CCCS(=O)(=O)N1Cc2ccccc2OC(C)C1. The number of para-hydroxylation sites is 1. The molecule has 1 unspecified atom stereocenters. The summed E-state index contributed by atoms with van der Waals surface area (Å²) in [5, 5.41) is 0. The largest absolute Gasteiger partial charge is 0.489 e. The molecule has 0 spiro atoms. The number of hydrogen-bond donors (Lipinski definition) is 0. The van der Waals surface area contributed by atoms with E-state index in [4.69, 9.17) is 4.74 Å². The van der Waals surface area contributed by atoms with E-state index >= 15 is 0 Å². The van der Waals surface area contributed by atoms with Crippen molar-refractivity contribution in [1.29, 1.82) is 0 Å². The minimum Gasteiger partial charge on any atom is -0.489 e. The van der Waals surface area contributed by atoms with E-state index < -0.39 is 10.0 Å². The van der Waals surface area contributed by atoms with E-state index in [-0.39, 0.29) is 11.9 Å². The lowest BCUT2D eigenvalue weighted by Gasteiger charge is -2.21. The zero-order chi connectivity index (χ0) is 13.2. The fourth-order valence-corrected chi connectivity index (χ4v) is 3.69. The molecule has 1 aromatic carbocycles. The van der Waals surface area contributed by atoms with Crippen molar-refractivity contribution in [3.63, 3.8) is 0 Å². The van der Waals surface area contributed by atoms with Crippen LogP contribution < -0.4 is 4.74 Å². The molecule has 0 saturated carbocycles. The second-order valence-corrected chi connectivity index (χ2v) is 6.73. The van der Waals surface area contributed by atoms with E-state index in [1.54, 1.807) is 0 Å². The van der Waals surface area contributed by atoms with E-state index in [9.17, 15) is 8.42 Å². The molecule has 0 aliphatic carbocycles. The third kappa shape index (κ3) is 2.84. The Kier molecular flexibility index (Phi) is 3.92. The van der Waals surface area contributed by atoms with Crippen LogP contribution in [-0.2, 0) is 16.6 Å². The molecule has 0 saturated heterocycles. The predicted molar refractivity (Wildman–Crippen MR) is 71.0 cm³/mol. The van der Waals surface area contributed by atoms with Crippen molar-refractivity contribution in [3.05, 3.63) is 29.8 Å². The number of rotatable bonds is 3. The van der Waals surface area contributed by atoms with Crippen LogP contribution in [0, 0.1) is 0 Å². The highest BCUT2D eigenvalue weighted by atomic mass is 32.2. The summed E-state index contributed by atoms with van der Waals surface area (Å²) in [6.45, 7) is 4.60. The lowest BCUT2D eigenvalue weighted by atomic mass is 10.2. The summed E-state index contributed by atoms with van der Waals surface area (Å²) >= 11 is 0. The first-order chi connectivity index (χ1) is 8.53. The fourth-order valence-electron chi connectivity index (χ4n) is 2.14. The maximum absolute atomic E-state index is 12.2.